The Morgan fingerprint density at radius 1 is 1.28 bits per heavy atom. The van der Waals surface area contributed by atoms with Gasteiger partial charge in [-0.3, -0.25) is 4.90 Å². The van der Waals surface area contributed by atoms with Gasteiger partial charge in [0.2, 0.25) is 0 Å². The second-order valence-electron chi connectivity index (χ2n) is 5.03. The molecule has 0 bridgehead atoms. The molecule has 1 N–H and O–H groups in total. The minimum atomic E-state index is 0.589. The minimum absolute atomic E-state index is 0.589. The summed E-state index contributed by atoms with van der Waals surface area (Å²) in [6, 6.07) is 9.50. The maximum absolute atomic E-state index is 5.43. The molecule has 0 aromatic heterocycles. The van der Waals surface area contributed by atoms with Gasteiger partial charge in [-0.05, 0) is 31.1 Å². The molecule has 1 fully saturated rings. The van der Waals surface area contributed by atoms with Gasteiger partial charge in [-0.2, -0.15) is 0 Å². The molecule has 2 rings (SSSR count). The van der Waals surface area contributed by atoms with Gasteiger partial charge in [0.25, 0.3) is 0 Å². The highest BCUT2D eigenvalue weighted by Gasteiger charge is 2.19. The Bertz CT molecular complexity index is 344. The van der Waals surface area contributed by atoms with Gasteiger partial charge in [0.1, 0.15) is 0 Å². The van der Waals surface area contributed by atoms with Gasteiger partial charge in [-0.15, -0.1) is 0 Å². The van der Waals surface area contributed by atoms with Gasteiger partial charge >= 0.3 is 0 Å². The van der Waals surface area contributed by atoms with Crippen LogP contribution in [-0.2, 0) is 17.8 Å². The number of hydrogen-bond acceptors (Lipinski definition) is 3. The van der Waals surface area contributed by atoms with Crippen molar-refractivity contribution in [3.63, 3.8) is 0 Å². The van der Waals surface area contributed by atoms with Crippen molar-refractivity contribution >= 4 is 0 Å². The van der Waals surface area contributed by atoms with E-state index in [4.69, 9.17) is 4.74 Å². The molecule has 1 aromatic rings. The molecule has 0 spiro atoms. The van der Waals surface area contributed by atoms with E-state index in [2.05, 4.69) is 48.5 Å². The molecule has 0 radical (unpaired) electrons. The van der Waals surface area contributed by atoms with Crippen LogP contribution >= 0.6 is 0 Å². The van der Waals surface area contributed by atoms with E-state index in [-0.39, 0.29) is 0 Å². The molecule has 1 saturated heterocycles. The lowest BCUT2D eigenvalue weighted by Gasteiger charge is -2.22. The lowest BCUT2D eigenvalue weighted by molar-refractivity contribution is 0.156. The van der Waals surface area contributed by atoms with E-state index in [1.54, 1.807) is 0 Å². The zero-order valence-corrected chi connectivity index (χ0v) is 11.5. The van der Waals surface area contributed by atoms with Gasteiger partial charge in [-0.1, -0.05) is 31.2 Å². The van der Waals surface area contributed by atoms with Crippen LogP contribution in [0.2, 0.25) is 0 Å². The largest absolute Gasteiger partial charge is 0.380 e. The fraction of sp³-hybridized carbons (Fsp3) is 0.600. The van der Waals surface area contributed by atoms with Crippen LogP contribution < -0.4 is 5.32 Å². The Hall–Kier alpha value is -0.900. The summed E-state index contributed by atoms with van der Waals surface area (Å²) < 4.78 is 5.43. The van der Waals surface area contributed by atoms with E-state index < -0.39 is 0 Å². The fourth-order valence-corrected chi connectivity index (χ4v) is 2.32. The first-order valence-corrected chi connectivity index (χ1v) is 6.86. The number of nitrogens with one attached hydrogen (secondary N) is 1. The van der Waals surface area contributed by atoms with Gasteiger partial charge in [0.05, 0.1) is 6.61 Å². The zero-order chi connectivity index (χ0) is 12.8. The topological polar surface area (TPSA) is 24.5 Å². The van der Waals surface area contributed by atoms with Crippen molar-refractivity contribution in [1.82, 2.24) is 10.2 Å². The van der Waals surface area contributed by atoms with E-state index in [0.717, 1.165) is 39.3 Å². The predicted octanol–water partition coefficient (Wildman–Crippen LogP) is 2.02. The summed E-state index contributed by atoms with van der Waals surface area (Å²) in [6.45, 7) is 6.92. The molecule has 1 aromatic carbocycles. The summed E-state index contributed by atoms with van der Waals surface area (Å²) in [4.78, 5) is 2.40. The highest BCUT2D eigenvalue weighted by Crippen LogP contribution is 2.14. The van der Waals surface area contributed by atoms with Crippen LogP contribution in [0.3, 0.4) is 0 Å². The maximum atomic E-state index is 5.43. The van der Waals surface area contributed by atoms with Crippen molar-refractivity contribution in [3.05, 3.63) is 35.4 Å². The van der Waals surface area contributed by atoms with Crippen LogP contribution in [0, 0.1) is 0 Å². The minimum Gasteiger partial charge on any atom is -0.380 e. The van der Waals surface area contributed by atoms with Crippen molar-refractivity contribution in [2.45, 2.75) is 32.5 Å². The quantitative estimate of drug-likeness (QED) is 0.833. The molecular weight excluding hydrogens is 224 g/mol. The molecule has 1 unspecified atom stereocenters. The molecule has 0 saturated carbocycles. The van der Waals surface area contributed by atoms with Gasteiger partial charge in [-0.25, -0.2) is 0 Å². The average Bonchev–Trinajstić information content (AvgIpc) is 2.92. The van der Waals surface area contributed by atoms with E-state index >= 15 is 0 Å². The molecular formula is C15H24N2O. The lowest BCUT2D eigenvalue weighted by atomic mass is 10.1. The normalized spacial score (nSPS) is 19.6. The van der Waals surface area contributed by atoms with Crippen LogP contribution in [0.5, 0.6) is 0 Å². The number of nitrogens with zero attached hydrogens (tertiary/aromatic N) is 1. The van der Waals surface area contributed by atoms with E-state index in [1.807, 2.05) is 0 Å². The Morgan fingerprint density at radius 3 is 2.61 bits per heavy atom. The third-order valence-electron chi connectivity index (χ3n) is 3.56. The molecule has 1 heterocycles. The fourth-order valence-electron chi connectivity index (χ4n) is 2.32. The first-order valence-electron chi connectivity index (χ1n) is 6.86. The summed E-state index contributed by atoms with van der Waals surface area (Å²) in [6.07, 6.45) is 1.16. The SMILES string of the molecule is CCNCc1ccc(CN(C)C2CCOC2)cc1. The number of ether oxygens (including phenoxy) is 1. The Labute approximate surface area is 110 Å². The standard InChI is InChI=1S/C15H24N2O/c1-3-16-10-13-4-6-14(7-5-13)11-17(2)15-8-9-18-12-15/h4-7,15-16H,3,8-12H2,1-2H3. The van der Waals surface area contributed by atoms with E-state index in [0.29, 0.717) is 6.04 Å². The highest BCUT2D eigenvalue weighted by atomic mass is 16.5. The smallest absolute Gasteiger partial charge is 0.0622 e. The molecule has 100 valence electrons. The first kappa shape index (κ1) is 13.5. The van der Waals surface area contributed by atoms with Crippen molar-refractivity contribution in [2.75, 3.05) is 26.8 Å². The van der Waals surface area contributed by atoms with Crippen molar-refractivity contribution in [3.8, 4) is 0 Å². The molecule has 0 amide bonds. The van der Waals surface area contributed by atoms with Crippen molar-refractivity contribution < 1.29 is 4.74 Å². The molecule has 3 heteroatoms. The lowest BCUT2D eigenvalue weighted by Crippen LogP contribution is -2.31. The molecule has 1 aliphatic heterocycles. The molecule has 3 nitrogen and oxygen atoms in total. The highest BCUT2D eigenvalue weighted by molar-refractivity contribution is 5.22. The molecule has 0 aliphatic carbocycles. The molecule has 1 atom stereocenters. The summed E-state index contributed by atoms with van der Waals surface area (Å²) in [5.74, 6) is 0. The van der Waals surface area contributed by atoms with E-state index in [9.17, 15) is 0 Å². The Morgan fingerprint density at radius 2 is 2.00 bits per heavy atom. The molecule has 18 heavy (non-hydrogen) atoms. The van der Waals surface area contributed by atoms with Crippen LogP contribution in [0.4, 0.5) is 0 Å². The number of benzene rings is 1. The molecule has 1 aliphatic rings. The summed E-state index contributed by atoms with van der Waals surface area (Å²) in [5.41, 5.74) is 2.73. The summed E-state index contributed by atoms with van der Waals surface area (Å²) in [7, 11) is 2.19. The van der Waals surface area contributed by atoms with Gasteiger partial charge < -0.3 is 10.1 Å². The Balaban J connectivity index is 1.85. The van der Waals surface area contributed by atoms with Crippen molar-refractivity contribution in [2.24, 2.45) is 0 Å². The van der Waals surface area contributed by atoms with Crippen LogP contribution in [0.1, 0.15) is 24.5 Å². The number of hydrogen-bond donors (Lipinski definition) is 1. The van der Waals surface area contributed by atoms with Crippen LogP contribution in [0.15, 0.2) is 24.3 Å². The van der Waals surface area contributed by atoms with Crippen LogP contribution in [0.25, 0.3) is 0 Å². The van der Waals surface area contributed by atoms with E-state index in [1.165, 1.54) is 11.1 Å². The average molecular weight is 248 g/mol. The second kappa shape index (κ2) is 6.88. The first-order chi connectivity index (χ1) is 8.79. The third-order valence-corrected chi connectivity index (χ3v) is 3.56. The summed E-state index contributed by atoms with van der Waals surface area (Å²) in [5, 5.41) is 3.34. The predicted molar refractivity (Wildman–Crippen MR) is 74.5 cm³/mol. The number of rotatable bonds is 6. The van der Waals surface area contributed by atoms with Crippen molar-refractivity contribution in [1.29, 1.82) is 0 Å². The summed E-state index contributed by atoms with van der Waals surface area (Å²) >= 11 is 0. The van der Waals surface area contributed by atoms with Gasteiger partial charge in [0.15, 0.2) is 0 Å². The van der Waals surface area contributed by atoms with Gasteiger partial charge in [0, 0.05) is 25.7 Å². The second-order valence-corrected chi connectivity index (χ2v) is 5.03. The maximum Gasteiger partial charge on any atom is 0.0622 e. The monoisotopic (exact) mass is 248 g/mol. The number of likely N-dealkylation sites (N-methyl/N-ethyl adjacent to an activating group) is 1. The zero-order valence-electron chi connectivity index (χ0n) is 11.5. The Kier molecular flexibility index (Phi) is 5.17. The van der Waals surface area contributed by atoms with Crippen LogP contribution in [-0.4, -0.2) is 37.7 Å². The third kappa shape index (κ3) is 3.80.